The Morgan fingerprint density at radius 2 is 2.33 bits per heavy atom. The monoisotopic (exact) mass is 245 g/mol. The summed E-state index contributed by atoms with van der Waals surface area (Å²) in [6, 6.07) is 0. The summed E-state index contributed by atoms with van der Waals surface area (Å²) in [5.74, 6) is -0.0103. The van der Waals surface area contributed by atoms with Crippen LogP contribution in [0.4, 0.5) is 5.69 Å². The van der Waals surface area contributed by atoms with Crippen LogP contribution in [-0.2, 0) is 13.0 Å². The van der Waals surface area contributed by atoms with Gasteiger partial charge >= 0.3 is 0 Å². The van der Waals surface area contributed by atoms with Crippen molar-refractivity contribution in [3.05, 3.63) is 30.1 Å². The molecule has 0 amide bonds. The number of nitrogen functional groups attached to an aromatic ring is 1. The van der Waals surface area contributed by atoms with Crippen LogP contribution in [0, 0.1) is 12.8 Å². The lowest BCUT2D eigenvalue weighted by molar-refractivity contribution is 0.0792. The molecule has 0 bridgehead atoms. The largest absolute Gasteiger partial charge is 0.396 e. The molecule has 0 fully saturated rings. The molecule has 94 valence electrons. The molecule has 1 unspecified atom stereocenters. The van der Waals surface area contributed by atoms with E-state index in [4.69, 9.17) is 5.73 Å². The summed E-state index contributed by atoms with van der Waals surface area (Å²) >= 11 is 0. The summed E-state index contributed by atoms with van der Waals surface area (Å²) in [5, 5.41) is 4.05. The number of nitrogens with zero attached hydrogens (tertiary/aromatic N) is 4. The average Bonchev–Trinajstić information content (AvgIpc) is 2.96. The Balaban J connectivity index is 1.85. The Kier molecular flexibility index (Phi) is 2.43. The number of carbonyl (C=O) groups excluding carboxylic acids is 1. The minimum atomic E-state index is -0.0350. The summed E-state index contributed by atoms with van der Waals surface area (Å²) in [7, 11) is 0. The van der Waals surface area contributed by atoms with E-state index in [1.165, 1.54) is 10.9 Å². The summed E-state index contributed by atoms with van der Waals surface area (Å²) in [6.45, 7) is 2.65. The smallest absolute Gasteiger partial charge is 0.250 e. The first kappa shape index (κ1) is 11.0. The minimum absolute atomic E-state index is 0.0247. The number of hydrogen-bond acceptors (Lipinski definition) is 4. The third-order valence-corrected chi connectivity index (χ3v) is 3.58. The molecule has 1 aliphatic rings. The molecular formula is C12H15N5O. The predicted octanol–water partition coefficient (Wildman–Crippen LogP) is 0.873. The Morgan fingerprint density at radius 1 is 1.50 bits per heavy atom. The highest BCUT2D eigenvalue weighted by Gasteiger charge is 2.27. The maximum absolute atomic E-state index is 12.4. The maximum atomic E-state index is 12.4. The fourth-order valence-electron chi connectivity index (χ4n) is 2.40. The summed E-state index contributed by atoms with van der Waals surface area (Å²) in [5.41, 5.74) is 8.11. The van der Waals surface area contributed by atoms with Crippen molar-refractivity contribution in [2.24, 2.45) is 5.92 Å². The van der Waals surface area contributed by atoms with E-state index < -0.39 is 0 Å². The van der Waals surface area contributed by atoms with Gasteiger partial charge < -0.3 is 10.3 Å². The molecular weight excluding hydrogens is 230 g/mol. The lowest BCUT2D eigenvalue weighted by Gasteiger charge is -2.22. The van der Waals surface area contributed by atoms with Gasteiger partial charge in [-0.15, -0.1) is 0 Å². The number of aryl methyl sites for hydroxylation is 1. The molecule has 6 heteroatoms. The molecule has 0 spiro atoms. The SMILES string of the molecule is Cc1c(N)cnn1C(=O)C1CCn2cncc2C1. The van der Waals surface area contributed by atoms with Crippen molar-refractivity contribution in [3.63, 3.8) is 0 Å². The van der Waals surface area contributed by atoms with Gasteiger partial charge in [0.05, 0.1) is 23.9 Å². The van der Waals surface area contributed by atoms with Crippen molar-refractivity contribution in [2.45, 2.75) is 26.3 Å². The molecule has 0 saturated heterocycles. The van der Waals surface area contributed by atoms with Gasteiger partial charge in [-0.05, 0) is 13.3 Å². The van der Waals surface area contributed by atoms with E-state index in [1.807, 2.05) is 19.4 Å². The van der Waals surface area contributed by atoms with E-state index in [0.29, 0.717) is 5.69 Å². The molecule has 2 aromatic heterocycles. The Bertz CT molecular complexity index is 597. The molecule has 18 heavy (non-hydrogen) atoms. The van der Waals surface area contributed by atoms with Gasteiger partial charge in [0, 0.05) is 30.8 Å². The van der Waals surface area contributed by atoms with Gasteiger partial charge in [-0.25, -0.2) is 9.67 Å². The molecule has 1 aliphatic heterocycles. The second-order valence-corrected chi connectivity index (χ2v) is 4.70. The van der Waals surface area contributed by atoms with Crippen LogP contribution in [0.2, 0.25) is 0 Å². The summed E-state index contributed by atoms with van der Waals surface area (Å²) in [6.07, 6.45) is 6.71. The third-order valence-electron chi connectivity index (χ3n) is 3.58. The van der Waals surface area contributed by atoms with E-state index in [1.54, 1.807) is 0 Å². The van der Waals surface area contributed by atoms with Crippen molar-refractivity contribution >= 4 is 11.6 Å². The van der Waals surface area contributed by atoms with Crippen molar-refractivity contribution in [1.29, 1.82) is 0 Å². The number of rotatable bonds is 1. The molecule has 2 aromatic rings. The van der Waals surface area contributed by atoms with Gasteiger partial charge in [-0.2, -0.15) is 5.10 Å². The van der Waals surface area contributed by atoms with E-state index in [0.717, 1.165) is 30.8 Å². The van der Waals surface area contributed by atoms with Crippen LogP contribution < -0.4 is 5.73 Å². The van der Waals surface area contributed by atoms with Gasteiger partial charge in [0.2, 0.25) is 0 Å². The standard InChI is InChI=1S/C12H15N5O/c1-8-11(13)6-15-17(8)12(18)9-2-3-16-7-14-5-10(16)4-9/h5-7,9H,2-4,13H2,1H3. The number of imidazole rings is 1. The van der Waals surface area contributed by atoms with Gasteiger partial charge in [0.1, 0.15) is 0 Å². The normalized spacial score (nSPS) is 18.6. The van der Waals surface area contributed by atoms with Crippen LogP contribution in [-0.4, -0.2) is 25.2 Å². The van der Waals surface area contributed by atoms with Crippen LogP contribution in [0.3, 0.4) is 0 Å². The van der Waals surface area contributed by atoms with E-state index in [-0.39, 0.29) is 11.8 Å². The number of fused-ring (bicyclic) bond motifs is 1. The highest BCUT2D eigenvalue weighted by atomic mass is 16.2. The number of anilines is 1. The van der Waals surface area contributed by atoms with Gasteiger partial charge in [0.15, 0.2) is 0 Å². The highest BCUT2D eigenvalue weighted by Crippen LogP contribution is 2.22. The zero-order chi connectivity index (χ0) is 12.7. The first-order valence-electron chi connectivity index (χ1n) is 6.00. The Hall–Kier alpha value is -2.11. The van der Waals surface area contributed by atoms with E-state index >= 15 is 0 Å². The van der Waals surface area contributed by atoms with Crippen LogP contribution in [0.1, 0.15) is 22.6 Å². The first-order valence-corrected chi connectivity index (χ1v) is 6.00. The van der Waals surface area contributed by atoms with E-state index in [2.05, 4.69) is 14.6 Å². The lowest BCUT2D eigenvalue weighted by Crippen LogP contribution is -2.30. The molecule has 0 radical (unpaired) electrons. The molecule has 0 aliphatic carbocycles. The number of hydrogen-bond donors (Lipinski definition) is 1. The van der Waals surface area contributed by atoms with Crippen LogP contribution in [0.15, 0.2) is 18.7 Å². The zero-order valence-electron chi connectivity index (χ0n) is 10.2. The molecule has 2 N–H and O–H groups in total. The molecule has 6 nitrogen and oxygen atoms in total. The fraction of sp³-hybridized carbons (Fsp3) is 0.417. The lowest BCUT2D eigenvalue weighted by atomic mass is 9.95. The number of nitrogens with two attached hydrogens (primary N) is 1. The molecule has 3 rings (SSSR count). The van der Waals surface area contributed by atoms with Gasteiger partial charge in [0.25, 0.3) is 5.91 Å². The van der Waals surface area contributed by atoms with Crippen molar-refractivity contribution < 1.29 is 4.79 Å². The highest BCUT2D eigenvalue weighted by molar-refractivity contribution is 5.82. The van der Waals surface area contributed by atoms with Crippen LogP contribution in [0.5, 0.6) is 0 Å². The topological polar surface area (TPSA) is 78.7 Å². The second kappa shape index (κ2) is 3.97. The van der Waals surface area contributed by atoms with Crippen LogP contribution in [0.25, 0.3) is 0 Å². The van der Waals surface area contributed by atoms with Gasteiger partial charge in [-0.1, -0.05) is 0 Å². The van der Waals surface area contributed by atoms with Gasteiger partial charge in [-0.3, -0.25) is 4.79 Å². The quantitative estimate of drug-likeness (QED) is 0.808. The molecule has 0 aromatic carbocycles. The summed E-state index contributed by atoms with van der Waals surface area (Å²) in [4.78, 5) is 16.5. The van der Waals surface area contributed by atoms with Crippen LogP contribution >= 0.6 is 0 Å². The average molecular weight is 245 g/mol. The Labute approximate surface area is 104 Å². The zero-order valence-corrected chi connectivity index (χ0v) is 10.2. The van der Waals surface area contributed by atoms with Crippen molar-refractivity contribution in [3.8, 4) is 0 Å². The van der Waals surface area contributed by atoms with E-state index in [9.17, 15) is 4.79 Å². The summed E-state index contributed by atoms with van der Waals surface area (Å²) < 4.78 is 3.51. The second-order valence-electron chi connectivity index (χ2n) is 4.70. The molecule has 3 heterocycles. The first-order chi connectivity index (χ1) is 8.66. The number of carbonyl (C=O) groups is 1. The minimum Gasteiger partial charge on any atom is -0.396 e. The predicted molar refractivity (Wildman–Crippen MR) is 66.0 cm³/mol. The molecule has 1 atom stereocenters. The van der Waals surface area contributed by atoms with Crippen molar-refractivity contribution in [1.82, 2.24) is 19.3 Å². The van der Waals surface area contributed by atoms with Crippen molar-refractivity contribution in [2.75, 3.05) is 5.73 Å². The third kappa shape index (κ3) is 1.61. The Morgan fingerprint density at radius 3 is 3.06 bits per heavy atom. The number of aromatic nitrogens is 4. The fourth-order valence-corrected chi connectivity index (χ4v) is 2.40. The molecule has 0 saturated carbocycles. The maximum Gasteiger partial charge on any atom is 0.250 e.